The number of anilines is 1. The molecule has 1 amide bonds. The molecule has 3 heterocycles. The first-order valence-electron chi connectivity index (χ1n) is 8.10. The van der Waals surface area contributed by atoms with Crippen LogP contribution in [-0.4, -0.2) is 50.9 Å². The van der Waals surface area contributed by atoms with E-state index >= 15 is 0 Å². The fraction of sp³-hybridized carbons (Fsp3) is 0.562. The number of rotatable bonds is 5. The topological polar surface area (TPSA) is 72.3 Å². The summed E-state index contributed by atoms with van der Waals surface area (Å²) in [4.78, 5) is 18.7. The minimum Gasteiger partial charge on any atom is -0.376 e. The Bertz CT molecular complexity index is 688. The Hall–Kier alpha value is -1.93. The number of morpholine rings is 1. The van der Waals surface area contributed by atoms with Crippen LogP contribution in [0, 0.1) is 6.92 Å². The van der Waals surface area contributed by atoms with Crippen LogP contribution in [0.3, 0.4) is 0 Å². The molecule has 24 heavy (non-hydrogen) atoms. The van der Waals surface area contributed by atoms with Crippen molar-refractivity contribution in [3.05, 3.63) is 28.5 Å². The van der Waals surface area contributed by atoms with E-state index in [0.717, 1.165) is 16.4 Å². The van der Waals surface area contributed by atoms with Gasteiger partial charge in [-0.05, 0) is 20.8 Å². The van der Waals surface area contributed by atoms with Crippen LogP contribution < -0.4 is 5.32 Å². The highest BCUT2D eigenvalue weighted by atomic mass is 32.1. The molecule has 1 aliphatic heterocycles. The van der Waals surface area contributed by atoms with Gasteiger partial charge >= 0.3 is 0 Å². The van der Waals surface area contributed by atoms with Gasteiger partial charge in [0.1, 0.15) is 11.6 Å². The van der Waals surface area contributed by atoms with Crippen molar-refractivity contribution in [1.82, 2.24) is 19.7 Å². The first kappa shape index (κ1) is 16.9. The molecular weight excluding hydrogens is 326 g/mol. The molecule has 1 fully saturated rings. The summed E-state index contributed by atoms with van der Waals surface area (Å²) in [7, 11) is 0. The number of ether oxygens (including phenoxy) is 1. The van der Waals surface area contributed by atoms with Gasteiger partial charge in [0, 0.05) is 30.4 Å². The number of aryl methyl sites for hydroxylation is 1. The van der Waals surface area contributed by atoms with Gasteiger partial charge in [-0.3, -0.25) is 9.48 Å². The summed E-state index contributed by atoms with van der Waals surface area (Å²) in [6.07, 6.45) is 3.74. The Morgan fingerprint density at radius 2 is 2.17 bits per heavy atom. The molecular formula is C16H23N5O2S. The molecule has 2 aromatic heterocycles. The summed E-state index contributed by atoms with van der Waals surface area (Å²) in [5, 5.41) is 10.6. The van der Waals surface area contributed by atoms with Crippen LogP contribution in [-0.2, 0) is 22.6 Å². The lowest BCUT2D eigenvalue weighted by molar-refractivity contribution is -0.144. The van der Waals surface area contributed by atoms with Gasteiger partial charge in [-0.15, -0.1) is 11.3 Å². The van der Waals surface area contributed by atoms with E-state index in [4.69, 9.17) is 4.74 Å². The predicted octanol–water partition coefficient (Wildman–Crippen LogP) is 1.90. The number of aromatic nitrogens is 3. The first-order chi connectivity index (χ1) is 11.5. The van der Waals surface area contributed by atoms with E-state index in [1.807, 2.05) is 37.2 Å². The largest absolute Gasteiger partial charge is 0.376 e. The molecule has 0 unspecified atom stereocenters. The summed E-state index contributed by atoms with van der Waals surface area (Å²) in [5.74, 6) is 0.0715. The molecule has 0 radical (unpaired) electrons. The van der Waals surface area contributed by atoms with Gasteiger partial charge in [-0.2, -0.15) is 5.10 Å². The number of hydrogen-bond donors (Lipinski definition) is 1. The lowest BCUT2D eigenvalue weighted by atomic mass is 10.2. The zero-order valence-electron chi connectivity index (χ0n) is 14.2. The zero-order valence-corrected chi connectivity index (χ0v) is 15.0. The highest BCUT2D eigenvalue weighted by Crippen LogP contribution is 2.14. The van der Waals surface area contributed by atoms with Crippen molar-refractivity contribution in [2.24, 2.45) is 0 Å². The standard InChI is InChI=1S/C16H23N5O2S/c1-11-10-24-15(19-11)5-17-14-4-18-21(8-14)9-16(22)20-6-12(2)23-13(3)7-20/h4,8,10,12-13,17H,5-7,9H2,1-3H3/t12-,13-/m1/s1. The van der Waals surface area contributed by atoms with Gasteiger partial charge in [0.25, 0.3) is 0 Å². The van der Waals surface area contributed by atoms with Crippen LogP contribution >= 0.6 is 11.3 Å². The number of nitrogens with one attached hydrogen (secondary N) is 1. The van der Waals surface area contributed by atoms with E-state index in [9.17, 15) is 4.79 Å². The second-order valence-electron chi connectivity index (χ2n) is 6.22. The highest BCUT2D eigenvalue weighted by Gasteiger charge is 2.25. The van der Waals surface area contributed by atoms with Crippen LogP contribution in [0.2, 0.25) is 0 Å². The third-order valence-electron chi connectivity index (χ3n) is 3.81. The fourth-order valence-electron chi connectivity index (χ4n) is 2.82. The van der Waals surface area contributed by atoms with Gasteiger partial charge in [0.2, 0.25) is 5.91 Å². The van der Waals surface area contributed by atoms with Crippen LogP contribution in [0.4, 0.5) is 5.69 Å². The SMILES string of the molecule is Cc1csc(CNc2cnn(CC(=O)N3C[C@@H](C)O[C@H](C)C3)c2)n1. The quantitative estimate of drug-likeness (QED) is 0.892. The smallest absolute Gasteiger partial charge is 0.244 e. The number of carbonyl (C=O) groups excluding carboxylic acids is 1. The second-order valence-corrected chi connectivity index (χ2v) is 7.16. The van der Waals surface area contributed by atoms with E-state index in [1.54, 1.807) is 22.2 Å². The van der Waals surface area contributed by atoms with E-state index in [1.165, 1.54) is 0 Å². The number of thiazole rings is 1. The average Bonchev–Trinajstić information content (AvgIpc) is 3.13. The molecule has 0 aliphatic carbocycles. The lowest BCUT2D eigenvalue weighted by Gasteiger charge is -2.35. The van der Waals surface area contributed by atoms with E-state index in [-0.39, 0.29) is 24.7 Å². The minimum atomic E-state index is 0.0715. The molecule has 130 valence electrons. The van der Waals surface area contributed by atoms with Crippen molar-refractivity contribution in [2.45, 2.75) is 46.1 Å². The van der Waals surface area contributed by atoms with Crippen LogP contribution in [0.1, 0.15) is 24.5 Å². The van der Waals surface area contributed by atoms with Gasteiger partial charge < -0.3 is 15.0 Å². The Morgan fingerprint density at radius 3 is 2.83 bits per heavy atom. The van der Waals surface area contributed by atoms with E-state index in [2.05, 4.69) is 15.4 Å². The molecule has 2 atom stereocenters. The summed E-state index contributed by atoms with van der Waals surface area (Å²) < 4.78 is 7.33. The van der Waals surface area contributed by atoms with Crippen molar-refractivity contribution in [3.63, 3.8) is 0 Å². The lowest BCUT2D eigenvalue weighted by Crippen LogP contribution is -2.49. The monoisotopic (exact) mass is 349 g/mol. The van der Waals surface area contributed by atoms with Gasteiger partial charge in [0.05, 0.1) is 30.6 Å². The maximum absolute atomic E-state index is 12.4. The average molecular weight is 349 g/mol. The number of nitrogens with zero attached hydrogens (tertiary/aromatic N) is 4. The van der Waals surface area contributed by atoms with Crippen molar-refractivity contribution < 1.29 is 9.53 Å². The molecule has 1 aliphatic rings. The number of hydrogen-bond acceptors (Lipinski definition) is 6. The van der Waals surface area contributed by atoms with Gasteiger partial charge in [-0.25, -0.2) is 4.98 Å². The van der Waals surface area contributed by atoms with Crippen molar-refractivity contribution in [2.75, 3.05) is 18.4 Å². The predicted molar refractivity (Wildman–Crippen MR) is 93.0 cm³/mol. The van der Waals surface area contributed by atoms with Crippen LogP contribution in [0.15, 0.2) is 17.8 Å². The zero-order chi connectivity index (χ0) is 17.1. The molecule has 2 aromatic rings. The molecule has 0 saturated carbocycles. The maximum atomic E-state index is 12.4. The normalized spacial score (nSPS) is 21.0. The van der Waals surface area contributed by atoms with Gasteiger partial charge in [0.15, 0.2) is 0 Å². The van der Waals surface area contributed by atoms with Crippen molar-refractivity contribution in [3.8, 4) is 0 Å². The molecule has 3 rings (SSSR count). The highest BCUT2D eigenvalue weighted by molar-refractivity contribution is 7.09. The Morgan fingerprint density at radius 1 is 1.42 bits per heavy atom. The minimum absolute atomic E-state index is 0.0715. The molecule has 1 N–H and O–H groups in total. The number of carbonyl (C=O) groups is 1. The molecule has 8 heteroatoms. The molecule has 0 aromatic carbocycles. The van der Waals surface area contributed by atoms with Crippen LogP contribution in [0.25, 0.3) is 0 Å². The van der Waals surface area contributed by atoms with Gasteiger partial charge in [-0.1, -0.05) is 0 Å². The van der Waals surface area contributed by atoms with Crippen molar-refractivity contribution in [1.29, 1.82) is 0 Å². The Labute approximate surface area is 145 Å². The Kier molecular flexibility index (Phi) is 5.15. The summed E-state index contributed by atoms with van der Waals surface area (Å²) in [5.41, 5.74) is 1.92. The summed E-state index contributed by atoms with van der Waals surface area (Å²) in [6.45, 7) is 8.15. The first-order valence-corrected chi connectivity index (χ1v) is 8.98. The third-order valence-corrected chi connectivity index (χ3v) is 4.78. The third kappa shape index (κ3) is 4.33. The van der Waals surface area contributed by atoms with Crippen molar-refractivity contribution >= 4 is 22.9 Å². The fourth-order valence-corrected chi connectivity index (χ4v) is 3.53. The molecule has 0 bridgehead atoms. The van der Waals surface area contributed by atoms with E-state index < -0.39 is 0 Å². The number of amides is 1. The second kappa shape index (κ2) is 7.31. The Balaban J connectivity index is 1.52. The molecule has 0 spiro atoms. The molecule has 7 nitrogen and oxygen atoms in total. The summed E-state index contributed by atoms with van der Waals surface area (Å²) >= 11 is 1.63. The molecule has 1 saturated heterocycles. The maximum Gasteiger partial charge on any atom is 0.244 e. The van der Waals surface area contributed by atoms with E-state index in [0.29, 0.717) is 19.6 Å². The van der Waals surface area contributed by atoms with Crippen LogP contribution in [0.5, 0.6) is 0 Å². The summed E-state index contributed by atoms with van der Waals surface area (Å²) in [6, 6.07) is 0.